The Morgan fingerprint density at radius 3 is 2.38 bits per heavy atom. The first kappa shape index (κ1) is 9.12. The molecule has 0 unspecified atom stereocenters. The first-order chi connectivity index (χ1) is 6.02. The Balaban J connectivity index is 3.16. The molecular formula is C9H8O4. The van der Waals surface area contributed by atoms with Gasteiger partial charge in [-0.2, -0.15) is 0 Å². The number of carboxylic acid groups (broad SMARTS) is 1. The van der Waals surface area contributed by atoms with Gasteiger partial charge in [0.2, 0.25) is 0 Å². The second kappa shape index (κ2) is 3.18. The third kappa shape index (κ3) is 1.79. The van der Waals surface area contributed by atoms with Crippen LogP contribution in [0.15, 0.2) is 24.8 Å². The van der Waals surface area contributed by atoms with Crippen LogP contribution >= 0.6 is 0 Å². The van der Waals surface area contributed by atoms with Gasteiger partial charge in [-0.05, 0) is 12.1 Å². The van der Waals surface area contributed by atoms with E-state index < -0.39 is 5.97 Å². The molecule has 1 rings (SSSR count). The smallest absolute Gasteiger partial charge is 0.335 e. The molecule has 0 aliphatic rings. The zero-order valence-corrected chi connectivity index (χ0v) is 6.69. The summed E-state index contributed by atoms with van der Waals surface area (Å²) < 4.78 is 0. The van der Waals surface area contributed by atoms with Crippen molar-refractivity contribution in [3.05, 3.63) is 30.3 Å². The van der Waals surface area contributed by atoms with Gasteiger partial charge in [0.1, 0.15) is 11.5 Å². The molecule has 0 aliphatic carbocycles. The number of aliphatic carboxylic acids is 1. The van der Waals surface area contributed by atoms with Crippen molar-refractivity contribution in [2.45, 2.75) is 0 Å². The Hall–Kier alpha value is -1.97. The molecule has 4 nitrogen and oxygen atoms in total. The minimum absolute atomic E-state index is 0.102. The van der Waals surface area contributed by atoms with Crippen LogP contribution in [-0.4, -0.2) is 21.3 Å². The zero-order valence-electron chi connectivity index (χ0n) is 6.69. The summed E-state index contributed by atoms with van der Waals surface area (Å²) in [6, 6.07) is 3.63. The lowest BCUT2D eigenvalue weighted by atomic mass is 10.1. The van der Waals surface area contributed by atoms with Crippen LogP contribution in [0.3, 0.4) is 0 Å². The molecule has 1 aromatic rings. The van der Waals surface area contributed by atoms with Gasteiger partial charge in [0.25, 0.3) is 0 Å². The lowest BCUT2D eigenvalue weighted by Gasteiger charge is -2.03. The topological polar surface area (TPSA) is 77.8 Å². The van der Waals surface area contributed by atoms with Crippen LogP contribution in [0.2, 0.25) is 0 Å². The third-order valence-corrected chi connectivity index (χ3v) is 1.56. The minimum atomic E-state index is -1.21. The average Bonchev–Trinajstić information content (AvgIpc) is 2.03. The van der Waals surface area contributed by atoms with E-state index in [4.69, 9.17) is 10.2 Å². The van der Waals surface area contributed by atoms with E-state index in [2.05, 4.69) is 6.58 Å². The molecule has 0 heterocycles. The standard InChI is InChI=1S/C9H8O4/c1-5(9(12)13)7-3-2-6(10)4-8(7)11/h2-4,10-11H,1H2,(H,12,13). The fourth-order valence-corrected chi connectivity index (χ4v) is 0.890. The summed E-state index contributed by atoms with van der Waals surface area (Å²) in [5, 5.41) is 26.7. The molecule has 13 heavy (non-hydrogen) atoms. The minimum Gasteiger partial charge on any atom is -0.508 e. The summed E-state index contributed by atoms with van der Waals surface area (Å²) in [5.41, 5.74) is -0.109. The van der Waals surface area contributed by atoms with Gasteiger partial charge in [-0.3, -0.25) is 0 Å². The van der Waals surface area contributed by atoms with Crippen molar-refractivity contribution in [3.63, 3.8) is 0 Å². The summed E-state index contributed by atoms with van der Waals surface area (Å²) in [7, 11) is 0. The van der Waals surface area contributed by atoms with Gasteiger partial charge < -0.3 is 15.3 Å². The predicted octanol–water partition coefficient (Wildman–Crippen LogP) is 1.20. The number of hydrogen-bond acceptors (Lipinski definition) is 3. The maximum atomic E-state index is 10.5. The summed E-state index contributed by atoms with van der Waals surface area (Å²) in [4.78, 5) is 10.5. The van der Waals surface area contributed by atoms with E-state index >= 15 is 0 Å². The summed E-state index contributed by atoms with van der Waals surface area (Å²) >= 11 is 0. The van der Waals surface area contributed by atoms with Gasteiger partial charge in [0, 0.05) is 11.6 Å². The average molecular weight is 180 g/mol. The molecule has 0 aromatic heterocycles. The molecule has 3 N–H and O–H groups in total. The van der Waals surface area contributed by atoms with Crippen molar-refractivity contribution in [1.82, 2.24) is 0 Å². The van der Waals surface area contributed by atoms with Crippen LogP contribution in [0.25, 0.3) is 5.57 Å². The number of hydrogen-bond donors (Lipinski definition) is 3. The van der Waals surface area contributed by atoms with E-state index in [1.807, 2.05) is 0 Å². The monoisotopic (exact) mass is 180 g/mol. The Labute approximate surface area is 74.4 Å². The van der Waals surface area contributed by atoms with E-state index in [0.29, 0.717) is 0 Å². The Morgan fingerprint density at radius 1 is 1.31 bits per heavy atom. The van der Waals surface area contributed by atoms with E-state index in [1.54, 1.807) is 0 Å². The SMILES string of the molecule is C=C(C(=O)O)c1ccc(O)cc1O. The van der Waals surface area contributed by atoms with Crippen molar-refractivity contribution < 1.29 is 20.1 Å². The van der Waals surface area contributed by atoms with E-state index in [0.717, 1.165) is 6.07 Å². The second-order valence-electron chi connectivity index (χ2n) is 2.49. The highest BCUT2D eigenvalue weighted by molar-refractivity contribution is 6.15. The van der Waals surface area contributed by atoms with Crippen molar-refractivity contribution in [2.75, 3.05) is 0 Å². The number of aromatic hydroxyl groups is 2. The number of rotatable bonds is 2. The molecule has 0 fully saturated rings. The molecule has 4 heteroatoms. The lowest BCUT2D eigenvalue weighted by Crippen LogP contribution is -1.97. The molecule has 1 aromatic carbocycles. The molecule has 0 radical (unpaired) electrons. The highest BCUT2D eigenvalue weighted by Crippen LogP contribution is 2.27. The number of phenols is 2. The van der Waals surface area contributed by atoms with E-state index in [1.165, 1.54) is 12.1 Å². The van der Waals surface area contributed by atoms with Gasteiger partial charge in [0.15, 0.2) is 0 Å². The molecule has 0 atom stereocenters. The molecular weight excluding hydrogens is 172 g/mol. The van der Waals surface area contributed by atoms with Gasteiger partial charge in [0.05, 0.1) is 5.57 Å². The fraction of sp³-hybridized carbons (Fsp3) is 0. The largest absolute Gasteiger partial charge is 0.508 e. The van der Waals surface area contributed by atoms with Crippen LogP contribution < -0.4 is 0 Å². The van der Waals surface area contributed by atoms with Crippen molar-refractivity contribution >= 4 is 11.5 Å². The van der Waals surface area contributed by atoms with Gasteiger partial charge in [-0.15, -0.1) is 0 Å². The maximum Gasteiger partial charge on any atom is 0.335 e. The zero-order chi connectivity index (χ0) is 10.0. The van der Waals surface area contributed by atoms with Crippen LogP contribution in [0.4, 0.5) is 0 Å². The quantitative estimate of drug-likeness (QED) is 0.597. The highest BCUT2D eigenvalue weighted by atomic mass is 16.4. The molecule has 0 bridgehead atoms. The predicted molar refractivity (Wildman–Crippen MR) is 46.4 cm³/mol. The van der Waals surface area contributed by atoms with Crippen LogP contribution in [0.1, 0.15) is 5.56 Å². The first-order valence-corrected chi connectivity index (χ1v) is 3.47. The van der Waals surface area contributed by atoms with Crippen LogP contribution in [0, 0.1) is 0 Å². The molecule has 0 aliphatic heterocycles. The van der Waals surface area contributed by atoms with Gasteiger partial charge in [-0.1, -0.05) is 6.58 Å². The highest BCUT2D eigenvalue weighted by Gasteiger charge is 2.11. The maximum absolute atomic E-state index is 10.5. The number of phenolic OH excluding ortho intramolecular Hbond substituents is 2. The van der Waals surface area contributed by atoms with Crippen molar-refractivity contribution in [2.24, 2.45) is 0 Å². The van der Waals surface area contributed by atoms with Crippen LogP contribution in [0.5, 0.6) is 11.5 Å². The lowest BCUT2D eigenvalue weighted by molar-refractivity contribution is -0.130. The van der Waals surface area contributed by atoms with E-state index in [-0.39, 0.29) is 22.6 Å². The Morgan fingerprint density at radius 2 is 1.92 bits per heavy atom. The Kier molecular flexibility index (Phi) is 2.23. The Bertz CT molecular complexity index is 368. The molecule has 0 amide bonds. The van der Waals surface area contributed by atoms with Crippen molar-refractivity contribution in [1.29, 1.82) is 0 Å². The van der Waals surface area contributed by atoms with Gasteiger partial charge in [-0.25, -0.2) is 4.79 Å². The fourth-order valence-electron chi connectivity index (χ4n) is 0.890. The first-order valence-electron chi connectivity index (χ1n) is 3.47. The molecule has 0 saturated carbocycles. The summed E-state index contributed by atoms with van der Waals surface area (Å²) in [6.07, 6.45) is 0. The van der Waals surface area contributed by atoms with Crippen LogP contribution in [-0.2, 0) is 4.79 Å². The number of benzene rings is 1. The summed E-state index contributed by atoms with van der Waals surface area (Å²) in [5.74, 6) is -1.63. The van der Waals surface area contributed by atoms with Crippen molar-refractivity contribution in [3.8, 4) is 11.5 Å². The molecule has 0 spiro atoms. The third-order valence-electron chi connectivity index (χ3n) is 1.56. The normalized spacial score (nSPS) is 9.54. The van der Waals surface area contributed by atoms with Gasteiger partial charge >= 0.3 is 5.97 Å². The summed E-state index contributed by atoms with van der Waals surface area (Å²) in [6.45, 7) is 3.27. The number of carboxylic acids is 1. The van der Waals surface area contributed by atoms with E-state index in [9.17, 15) is 9.90 Å². The second-order valence-corrected chi connectivity index (χ2v) is 2.49. The molecule has 0 saturated heterocycles. The molecule has 68 valence electrons. The number of carbonyl (C=O) groups is 1.